The van der Waals surface area contributed by atoms with Crippen LogP contribution in [0, 0.1) is 11.3 Å². The van der Waals surface area contributed by atoms with Crippen LogP contribution in [0.4, 0.5) is 5.69 Å². The van der Waals surface area contributed by atoms with Gasteiger partial charge in [-0.3, -0.25) is 0 Å². The molecule has 0 bridgehead atoms. The Morgan fingerprint density at radius 2 is 2.18 bits per heavy atom. The number of hydrogen-bond donors (Lipinski definition) is 1. The number of aryl methyl sites for hydroxylation is 1. The van der Waals surface area contributed by atoms with Crippen molar-refractivity contribution in [1.82, 2.24) is 10.2 Å². The lowest BCUT2D eigenvalue weighted by Gasteiger charge is -2.02. The summed E-state index contributed by atoms with van der Waals surface area (Å²) in [5.74, 6) is 1.18. The van der Waals surface area contributed by atoms with E-state index in [1.165, 1.54) is 0 Å². The van der Waals surface area contributed by atoms with Crippen molar-refractivity contribution in [2.45, 2.75) is 19.9 Å². The van der Waals surface area contributed by atoms with Crippen molar-refractivity contribution >= 4 is 5.69 Å². The lowest BCUT2D eigenvalue weighted by Crippen LogP contribution is -1.99. The Morgan fingerprint density at radius 3 is 2.88 bits per heavy atom. The van der Waals surface area contributed by atoms with E-state index in [2.05, 4.69) is 21.6 Å². The van der Waals surface area contributed by atoms with Crippen LogP contribution >= 0.6 is 0 Å². The molecule has 86 valence electrons. The molecule has 0 fully saturated rings. The Morgan fingerprint density at radius 1 is 1.35 bits per heavy atom. The first-order chi connectivity index (χ1) is 8.31. The molecule has 1 heterocycles. The minimum absolute atomic E-state index is 0.460. The summed E-state index contributed by atoms with van der Waals surface area (Å²) in [6.45, 7) is 2.42. The molecule has 0 amide bonds. The van der Waals surface area contributed by atoms with Gasteiger partial charge in [-0.2, -0.15) is 5.26 Å². The molecule has 0 aliphatic heterocycles. The Hall–Kier alpha value is -2.35. The number of rotatable bonds is 4. The van der Waals surface area contributed by atoms with E-state index in [0.717, 1.165) is 12.1 Å². The number of nitrogens with zero attached hydrogens (tertiary/aromatic N) is 3. The zero-order valence-electron chi connectivity index (χ0n) is 9.47. The van der Waals surface area contributed by atoms with E-state index < -0.39 is 0 Å². The van der Waals surface area contributed by atoms with Crippen LogP contribution in [-0.2, 0) is 13.0 Å². The van der Waals surface area contributed by atoms with Crippen LogP contribution in [0.5, 0.6) is 0 Å². The Labute approximate surface area is 99.1 Å². The van der Waals surface area contributed by atoms with Crippen LogP contribution in [0.1, 0.15) is 24.3 Å². The van der Waals surface area contributed by atoms with E-state index in [4.69, 9.17) is 9.68 Å². The lowest BCUT2D eigenvalue weighted by molar-refractivity contribution is 0.460. The van der Waals surface area contributed by atoms with Crippen molar-refractivity contribution in [3.8, 4) is 6.07 Å². The molecule has 1 aromatic heterocycles. The predicted octanol–water partition coefficient (Wildman–Crippen LogP) is 2.12. The highest BCUT2D eigenvalue weighted by atomic mass is 16.4. The van der Waals surface area contributed by atoms with Gasteiger partial charge in [0, 0.05) is 12.1 Å². The molecule has 17 heavy (non-hydrogen) atoms. The van der Waals surface area contributed by atoms with E-state index in [-0.39, 0.29) is 0 Å². The van der Waals surface area contributed by atoms with Gasteiger partial charge in [0.2, 0.25) is 11.8 Å². The molecular weight excluding hydrogens is 216 g/mol. The number of anilines is 1. The average Bonchev–Trinajstić information content (AvgIpc) is 2.84. The van der Waals surface area contributed by atoms with Gasteiger partial charge < -0.3 is 9.73 Å². The predicted molar refractivity (Wildman–Crippen MR) is 62.2 cm³/mol. The largest absolute Gasteiger partial charge is 0.423 e. The molecule has 1 N–H and O–H groups in total. The van der Waals surface area contributed by atoms with Gasteiger partial charge in [0.25, 0.3) is 0 Å². The summed E-state index contributed by atoms with van der Waals surface area (Å²) in [6.07, 6.45) is 0.733. The van der Waals surface area contributed by atoms with Crippen molar-refractivity contribution in [2.24, 2.45) is 0 Å². The molecule has 0 aliphatic carbocycles. The number of hydrogen-bond acceptors (Lipinski definition) is 5. The fourth-order valence-electron chi connectivity index (χ4n) is 1.38. The summed E-state index contributed by atoms with van der Waals surface area (Å²) in [7, 11) is 0. The molecule has 2 aromatic rings. The molecule has 0 aliphatic rings. The molecule has 5 heteroatoms. The number of nitrogens with one attached hydrogen (secondary N) is 1. The van der Waals surface area contributed by atoms with E-state index in [1.807, 2.05) is 19.1 Å². The van der Waals surface area contributed by atoms with Crippen LogP contribution in [0.25, 0.3) is 0 Å². The van der Waals surface area contributed by atoms with Gasteiger partial charge in [0.05, 0.1) is 18.2 Å². The summed E-state index contributed by atoms with van der Waals surface area (Å²) in [6, 6.07) is 9.33. The summed E-state index contributed by atoms with van der Waals surface area (Å²) in [4.78, 5) is 0. The fraction of sp³-hybridized carbons (Fsp3) is 0.250. The molecule has 1 aromatic carbocycles. The normalized spacial score (nSPS) is 9.88. The summed E-state index contributed by atoms with van der Waals surface area (Å²) in [5.41, 5.74) is 1.48. The summed E-state index contributed by atoms with van der Waals surface area (Å²) >= 11 is 0. The smallest absolute Gasteiger partial charge is 0.235 e. The van der Waals surface area contributed by atoms with E-state index in [1.54, 1.807) is 12.1 Å². The van der Waals surface area contributed by atoms with Gasteiger partial charge >= 0.3 is 0 Å². The molecule has 0 radical (unpaired) electrons. The molecular formula is C12H12N4O. The van der Waals surface area contributed by atoms with Crippen molar-refractivity contribution < 1.29 is 4.42 Å². The standard InChI is InChI=1S/C12H12N4O/c1-2-11-15-16-12(17-11)8-14-10-5-3-4-9(6-10)7-13/h3-6,14H,2,8H2,1H3. The van der Waals surface area contributed by atoms with E-state index in [9.17, 15) is 0 Å². The zero-order chi connectivity index (χ0) is 12.1. The second-order valence-electron chi connectivity index (χ2n) is 3.49. The van der Waals surface area contributed by atoms with Gasteiger partial charge in [0.1, 0.15) is 0 Å². The molecule has 0 atom stereocenters. The molecule has 0 unspecified atom stereocenters. The van der Waals surface area contributed by atoms with Crippen molar-refractivity contribution in [3.63, 3.8) is 0 Å². The van der Waals surface area contributed by atoms with Crippen molar-refractivity contribution in [1.29, 1.82) is 5.26 Å². The van der Waals surface area contributed by atoms with Crippen LogP contribution in [0.2, 0.25) is 0 Å². The van der Waals surface area contributed by atoms with Crippen LogP contribution in [-0.4, -0.2) is 10.2 Å². The van der Waals surface area contributed by atoms with Gasteiger partial charge in [-0.1, -0.05) is 13.0 Å². The van der Waals surface area contributed by atoms with Crippen molar-refractivity contribution in [3.05, 3.63) is 41.6 Å². The first-order valence-corrected chi connectivity index (χ1v) is 5.37. The lowest BCUT2D eigenvalue weighted by atomic mass is 10.2. The first kappa shape index (κ1) is 11.1. The van der Waals surface area contributed by atoms with Gasteiger partial charge in [-0.15, -0.1) is 10.2 Å². The van der Waals surface area contributed by atoms with Crippen LogP contribution in [0.15, 0.2) is 28.7 Å². The quantitative estimate of drug-likeness (QED) is 0.867. The number of nitriles is 1. The highest BCUT2D eigenvalue weighted by Crippen LogP contribution is 2.11. The molecule has 5 nitrogen and oxygen atoms in total. The van der Waals surface area contributed by atoms with Crippen LogP contribution in [0.3, 0.4) is 0 Å². The van der Waals surface area contributed by atoms with Gasteiger partial charge in [0.15, 0.2) is 0 Å². The SMILES string of the molecule is CCc1nnc(CNc2cccc(C#N)c2)o1. The van der Waals surface area contributed by atoms with Crippen molar-refractivity contribution in [2.75, 3.05) is 5.32 Å². The Kier molecular flexibility index (Phi) is 3.36. The average molecular weight is 228 g/mol. The number of benzene rings is 1. The minimum Gasteiger partial charge on any atom is -0.423 e. The highest BCUT2D eigenvalue weighted by molar-refractivity contribution is 5.48. The van der Waals surface area contributed by atoms with Gasteiger partial charge in [-0.25, -0.2) is 0 Å². The summed E-state index contributed by atoms with van der Waals surface area (Å²) in [5, 5.41) is 19.7. The maximum absolute atomic E-state index is 8.76. The monoisotopic (exact) mass is 228 g/mol. The topological polar surface area (TPSA) is 74.7 Å². The second kappa shape index (κ2) is 5.12. The minimum atomic E-state index is 0.460. The van der Waals surface area contributed by atoms with E-state index in [0.29, 0.717) is 23.9 Å². The van der Waals surface area contributed by atoms with Crippen LogP contribution < -0.4 is 5.32 Å². The maximum atomic E-state index is 8.76. The van der Waals surface area contributed by atoms with E-state index >= 15 is 0 Å². The molecule has 0 spiro atoms. The molecule has 0 saturated heterocycles. The third kappa shape index (κ3) is 2.82. The molecule has 0 saturated carbocycles. The highest BCUT2D eigenvalue weighted by Gasteiger charge is 2.03. The van der Waals surface area contributed by atoms with Gasteiger partial charge in [-0.05, 0) is 18.2 Å². The zero-order valence-corrected chi connectivity index (χ0v) is 9.47. The fourth-order valence-corrected chi connectivity index (χ4v) is 1.38. The third-order valence-corrected chi connectivity index (χ3v) is 2.25. The Bertz CT molecular complexity index is 541. The maximum Gasteiger partial charge on any atom is 0.235 e. The second-order valence-corrected chi connectivity index (χ2v) is 3.49. The number of aromatic nitrogens is 2. The third-order valence-electron chi connectivity index (χ3n) is 2.25. The first-order valence-electron chi connectivity index (χ1n) is 5.37. The summed E-state index contributed by atoms with van der Waals surface area (Å²) < 4.78 is 5.36. The Balaban J connectivity index is 1.99. The molecule has 2 rings (SSSR count).